The Morgan fingerprint density at radius 1 is 1.13 bits per heavy atom. The summed E-state index contributed by atoms with van der Waals surface area (Å²) >= 11 is 0. The number of amides is 2. The number of ether oxygens (including phenoxy) is 1. The van der Waals surface area contributed by atoms with E-state index in [1.165, 1.54) is 0 Å². The quantitative estimate of drug-likeness (QED) is 0.857. The molecule has 2 rings (SSSR count). The number of hydrogen-bond acceptors (Lipinski definition) is 3. The maximum atomic E-state index is 11.9. The molecule has 0 radical (unpaired) electrons. The van der Waals surface area contributed by atoms with Gasteiger partial charge in [0.2, 0.25) is 5.91 Å². The van der Waals surface area contributed by atoms with Gasteiger partial charge in [-0.2, -0.15) is 0 Å². The van der Waals surface area contributed by atoms with Crippen LogP contribution < -0.4 is 15.8 Å². The van der Waals surface area contributed by atoms with E-state index in [0.717, 1.165) is 16.7 Å². The lowest BCUT2D eigenvalue weighted by Gasteiger charge is -2.10. The molecule has 3 N–H and O–H groups in total. The Balaban J connectivity index is 1.87. The van der Waals surface area contributed by atoms with Crippen LogP contribution in [-0.4, -0.2) is 18.4 Å². The van der Waals surface area contributed by atoms with Crippen LogP contribution in [-0.2, 0) is 11.3 Å². The van der Waals surface area contributed by atoms with Gasteiger partial charge < -0.3 is 15.8 Å². The first-order valence-corrected chi connectivity index (χ1v) is 7.31. The van der Waals surface area contributed by atoms with Crippen molar-refractivity contribution in [3.63, 3.8) is 0 Å². The molecule has 0 aromatic heterocycles. The minimum absolute atomic E-state index is 0.0558. The van der Waals surface area contributed by atoms with Crippen LogP contribution >= 0.6 is 0 Å². The van der Waals surface area contributed by atoms with Crippen LogP contribution in [0.1, 0.15) is 27.0 Å². The molecular formula is C18H20N2O3. The highest BCUT2D eigenvalue weighted by molar-refractivity contribution is 5.92. The SMILES string of the molecule is Cc1ccc(C)c(OCC(=O)NCc2cccc(C(N)=O)c2)c1. The van der Waals surface area contributed by atoms with Gasteiger partial charge in [-0.1, -0.05) is 24.3 Å². The first kappa shape index (κ1) is 16.5. The standard InChI is InChI=1S/C18H20N2O3/c1-12-6-7-13(2)16(8-12)23-11-17(21)20-10-14-4-3-5-15(9-14)18(19)22/h3-9H,10-11H2,1-2H3,(H2,19,22)(H,20,21). The van der Waals surface area contributed by atoms with Gasteiger partial charge in [0.1, 0.15) is 5.75 Å². The second-order valence-corrected chi connectivity index (χ2v) is 5.40. The molecule has 0 bridgehead atoms. The Hall–Kier alpha value is -2.82. The number of primary amides is 1. The highest BCUT2D eigenvalue weighted by Crippen LogP contribution is 2.18. The molecule has 0 heterocycles. The third-order valence-corrected chi connectivity index (χ3v) is 3.40. The van der Waals surface area contributed by atoms with Crippen molar-refractivity contribution in [2.45, 2.75) is 20.4 Å². The minimum atomic E-state index is -0.489. The summed E-state index contributed by atoms with van der Waals surface area (Å²) in [5.74, 6) is -0.0114. The number of nitrogens with one attached hydrogen (secondary N) is 1. The second-order valence-electron chi connectivity index (χ2n) is 5.40. The van der Waals surface area contributed by atoms with E-state index in [1.807, 2.05) is 38.1 Å². The number of rotatable bonds is 6. The lowest BCUT2D eigenvalue weighted by Crippen LogP contribution is -2.28. The summed E-state index contributed by atoms with van der Waals surface area (Å²) in [6.07, 6.45) is 0. The van der Waals surface area contributed by atoms with E-state index < -0.39 is 5.91 Å². The van der Waals surface area contributed by atoms with E-state index in [2.05, 4.69) is 5.32 Å². The summed E-state index contributed by atoms with van der Waals surface area (Å²) < 4.78 is 5.54. The van der Waals surface area contributed by atoms with Gasteiger partial charge in [0.15, 0.2) is 6.61 Å². The molecule has 0 unspecified atom stereocenters. The second kappa shape index (κ2) is 7.45. The Kier molecular flexibility index (Phi) is 5.36. The molecule has 0 fully saturated rings. The molecule has 0 saturated heterocycles. The average Bonchev–Trinajstić information content (AvgIpc) is 2.54. The lowest BCUT2D eigenvalue weighted by atomic mass is 10.1. The first-order chi connectivity index (χ1) is 11.0. The summed E-state index contributed by atoms with van der Waals surface area (Å²) in [4.78, 5) is 23.0. The van der Waals surface area contributed by atoms with E-state index in [9.17, 15) is 9.59 Å². The van der Waals surface area contributed by atoms with Gasteiger partial charge in [-0.25, -0.2) is 0 Å². The van der Waals surface area contributed by atoms with Crippen LogP contribution in [0.15, 0.2) is 42.5 Å². The lowest BCUT2D eigenvalue weighted by molar-refractivity contribution is -0.123. The number of aryl methyl sites for hydroxylation is 2. The van der Waals surface area contributed by atoms with Crippen LogP contribution in [0.25, 0.3) is 0 Å². The third kappa shape index (κ3) is 4.85. The molecule has 2 aromatic carbocycles. The van der Waals surface area contributed by atoms with Crippen molar-refractivity contribution in [3.05, 3.63) is 64.7 Å². The molecule has 0 aliphatic heterocycles. The zero-order chi connectivity index (χ0) is 16.8. The summed E-state index contributed by atoms with van der Waals surface area (Å²) in [5, 5.41) is 2.75. The summed E-state index contributed by atoms with van der Waals surface area (Å²) in [6.45, 7) is 4.16. The molecule has 0 atom stereocenters. The topological polar surface area (TPSA) is 81.4 Å². The number of benzene rings is 2. The molecule has 2 aromatic rings. The number of carbonyl (C=O) groups is 2. The van der Waals surface area contributed by atoms with Crippen molar-refractivity contribution in [1.82, 2.24) is 5.32 Å². The van der Waals surface area contributed by atoms with Gasteiger partial charge in [0.05, 0.1) is 0 Å². The fourth-order valence-corrected chi connectivity index (χ4v) is 2.09. The molecule has 5 nitrogen and oxygen atoms in total. The molecule has 0 spiro atoms. The fraction of sp³-hybridized carbons (Fsp3) is 0.222. The van der Waals surface area contributed by atoms with Gasteiger partial charge in [-0.15, -0.1) is 0 Å². The summed E-state index contributed by atoms with van der Waals surface area (Å²) in [6, 6.07) is 12.7. The normalized spacial score (nSPS) is 10.2. The molecule has 0 saturated carbocycles. The smallest absolute Gasteiger partial charge is 0.258 e. The highest BCUT2D eigenvalue weighted by Gasteiger charge is 2.06. The maximum Gasteiger partial charge on any atom is 0.258 e. The van der Waals surface area contributed by atoms with Crippen molar-refractivity contribution in [3.8, 4) is 5.75 Å². The van der Waals surface area contributed by atoms with Crippen molar-refractivity contribution in [2.75, 3.05) is 6.61 Å². The maximum absolute atomic E-state index is 11.9. The van der Waals surface area contributed by atoms with Crippen molar-refractivity contribution in [1.29, 1.82) is 0 Å². The van der Waals surface area contributed by atoms with Gasteiger partial charge in [-0.05, 0) is 48.7 Å². The molecule has 0 aliphatic carbocycles. The van der Waals surface area contributed by atoms with Crippen molar-refractivity contribution in [2.24, 2.45) is 5.73 Å². The Morgan fingerprint density at radius 2 is 1.91 bits per heavy atom. The molecule has 5 heteroatoms. The van der Waals surface area contributed by atoms with Gasteiger partial charge in [0, 0.05) is 12.1 Å². The number of hydrogen-bond donors (Lipinski definition) is 2. The highest BCUT2D eigenvalue weighted by atomic mass is 16.5. The van der Waals surface area contributed by atoms with E-state index in [4.69, 9.17) is 10.5 Å². The van der Waals surface area contributed by atoms with Gasteiger partial charge in [0.25, 0.3) is 5.91 Å². The first-order valence-electron chi connectivity index (χ1n) is 7.31. The molecule has 23 heavy (non-hydrogen) atoms. The van der Waals surface area contributed by atoms with E-state index in [-0.39, 0.29) is 12.5 Å². The van der Waals surface area contributed by atoms with Crippen LogP contribution in [0.2, 0.25) is 0 Å². The molecule has 120 valence electrons. The van der Waals surface area contributed by atoms with Crippen LogP contribution in [0.4, 0.5) is 0 Å². The zero-order valence-corrected chi connectivity index (χ0v) is 13.3. The predicted octanol–water partition coefficient (Wildman–Crippen LogP) is 2.10. The molecule has 0 aliphatic rings. The third-order valence-electron chi connectivity index (χ3n) is 3.40. The van der Waals surface area contributed by atoms with Crippen LogP contribution in [0, 0.1) is 13.8 Å². The van der Waals surface area contributed by atoms with E-state index in [1.54, 1.807) is 18.2 Å². The monoisotopic (exact) mass is 312 g/mol. The van der Waals surface area contributed by atoms with Crippen LogP contribution in [0.3, 0.4) is 0 Å². The van der Waals surface area contributed by atoms with E-state index in [0.29, 0.717) is 17.9 Å². The zero-order valence-electron chi connectivity index (χ0n) is 13.3. The number of nitrogens with two attached hydrogens (primary N) is 1. The van der Waals surface area contributed by atoms with Crippen LogP contribution in [0.5, 0.6) is 5.75 Å². The predicted molar refractivity (Wildman–Crippen MR) is 88.2 cm³/mol. The fourth-order valence-electron chi connectivity index (χ4n) is 2.09. The van der Waals surface area contributed by atoms with Crippen molar-refractivity contribution < 1.29 is 14.3 Å². The van der Waals surface area contributed by atoms with E-state index >= 15 is 0 Å². The van der Waals surface area contributed by atoms with Gasteiger partial charge in [-0.3, -0.25) is 9.59 Å². The van der Waals surface area contributed by atoms with Crippen molar-refractivity contribution >= 4 is 11.8 Å². The molecule has 2 amide bonds. The Labute approximate surface area is 135 Å². The summed E-state index contributed by atoms with van der Waals surface area (Å²) in [7, 11) is 0. The Bertz CT molecular complexity index is 726. The van der Waals surface area contributed by atoms with Gasteiger partial charge >= 0.3 is 0 Å². The largest absolute Gasteiger partial charge is 0.483 e. The average molecular weight is 312 g/mol. The Morgan fingerprint density at radius 3 is 2.65 bits per heavy atom. The minimum Gasteiger partial charge on any atom is -0.483 e. The number of carbonyl (C=O) groups excluding carboxylic acids is 2. The molecular weight excluding hydrogens is 292 g/mol. The summed E-state index contributed by atoms with van der Waals surface area (Å²) in [5.41, 5.74) is 8.52.